The highest BCUT2D eigenvalue weighted by molar-refractivity contribution is 5.72. The van der Waals surface area contributed by atoms with Gasteiger partial charge in [0.25, 0.3) is 0 Å². The van der Waals surface area contributed by atoms with Gasteiger partial charge < -0.3 is 9.47 Å². The zero-order chi connectivity index (χ0) is 21.9. The first-order valence-electron chi connectivity index (χ1n) is 8.17. The van der Waals surface area contributed by atoms with Crippen molar-refractivity contribution in [2.24, 2.45) is 0 Å². The number of pyridine rings is 1. The summed E-state index contributed by atoms with van der Waals surface area (Å²) in [5, 5.41) is 9.40. The Kier molecular flexibility index (Phi) is 5.56. The van der Waals surface area contributed by atoms with E-state index in [1.807, 2.05) is 6.07 Å². The molecular formula is C20H10F6N2O2. The van der Waals surface area contributed by atoms with Gasteiger partial charge in [0.2, 0.25) is 0 Å². The Balaban J connectivity index is 1.86. The number of halogens is 6. The maximum absolute atomic E-state index is 12.3. The van der Waals surface area contributed by atoms with Crippen LogP contribution in [-0.2, 0) is 0 Å². The molecule has 0 saturated heterocycles. The molecule has 1 aromatic heterocycles. The van der Waals surface area contributed by atoms with Gasteiger partial charge in [-0.1, -0.05) is 12.1 Å². The molecule has 0 aliphatic heterocycles. The van der Waals surface area contributed by atoms with Crippen LogP contribution in [0.3, 0.4) is 0 Å². The number of alkyl halides is 6. The number of nitrogens with zero attached hydrogens (tertiary/aromatic N) is 2. The van der Waals surface area contributed by atoms with E-state index in [1.165, 1.54) is 30.3 Å². The predicted octanol–water partition coefficient (Wildman–Crippen LogP) is 6.08. The van der Waals surface area contributed by atoms with Crippen molar-refractivity contribution in [2.45, 2.75) is 12.7 Å². The van der Waals surface area contributed by atoms with Crippen molar-refractivity contribution in [1.29, 1.82) is 5.26 Å². The van der Waals surface area contributed by atoms with E-state index < -0.39 is 24.2 Å². The minimum atomic E-state index is -4.82. The van der Waals surface area contributed by atoms with Crippen molar-refractivity contribution < 1.29 is 35.8 Å². The molecule has 0 unspecified atom stereocenters. The van der Waals surface area contributed by atoms with E-state index in [4.69, 9.17) is 0 Å². The average Bonchev–Trinajstić information content (AvgIpc) is 2.66. The Bertz CT molecular complexity index is 1070. The van der Waals surface area contributed by atoms with Crippen molar-refractivity contribution in [3.63, 3.8) is 0 Å². The van der Waals surface area contributed by atoms with E-state index in [0.717, 1.165) is 24.3 Å². The summed E-state index contributed by atoms with van der Waals surface area (Å²) >= 11 is 0. The Morgan fingerprint density at radius 2 is 1.13 bits per heavy atom. The largest absolute Gasteiger partial charge is 0.573 e. The van der Waals surface area contributed by atoms with Gasteiger partial charge in [0.05, 0.1) is 5.69 Å². The monoisotopic (exact) mass is 424 g/mol. The SMILES string of the molecule is N#Cc1nc(-c2ccc(OC(F)(F)F)cc2)ccc1-c1ccc(OC(F)(F)F)cc1. The fourth-order valence-electron chi connectivity index (χ4n) is 2.60. The highest BCUT2D eigenvalue weighted by Crippen LogP contribution is 2.30. The topological polar surface area (TPSA) is 55.1 Å². The molecule has 0 saturated carbocycles. The normalized spacial score (nSPS) is 11.6. The number of nitriles is 1. The molecule has 154 valence electrons. The summed E-state index contributed by atoms with van der Waals surface area (Å²) in [4.78, 5) is 4.19. The van der Waals surface area contributed by atoms with Gasteiger partial charge in [-0.2, -0.15) is 5.26 Å². The van der Waals surface area contributed by atoms with E-state index in [1.54, 1.807) is 6.07 Å². The summed E-state index contributed by atoms with van der Waals surface area (Å²) in [5.41, 5.74) is 1.57. The number of hydrogen-bond donors (Lipinski definition) is 0. The molecule has 0 fully saturated rings. The summed E-state index contributed by atoms with van der Waals surface area (Å²) in [6.45, 7) is 0. The molecule has 1 heterocycles. The smallest absolute Gasteiger partial charge is 0.406 e. The number of rotatable bonds is 4. The first kappa shape index (κ1) is 21.0. The third kappa shape index (κ3) is 5.41. The lowest BCUT2D eigenvalue weighted by atomic mass is 10.0. The Morgan fingerprint density at radius 3 is 1.57 bits per heavy atom. The molecule has 0 radical (unpaired) electrons. The van der Waals surface area contributed by atoms with Crippen molar-refractivity contribution in [1.82, 2.24) is 4.98 Å². The van der Waals surface area contributed by atoms with Crippen LogP contribution in [-0.4, -0.2) is 17.7 Å². The molecule has 0 bridgehead atoms. The van der Waals surface area contributed by atoms with Gasteiger partial charge in [-0.15, -0.1) is 26.3 Å². The second kappa shape index (κ2) is 7.94. The van der Waals surface area contributed by atoms with Crippen LogP contribution in [0, 0.1) is 11.3 Å². The van der Waals surface area contributed by atoms with E-state index in [0.29, 0.717) is 22.4 Å². The van der Waals surface area contributed by atoms with Gasteiger partial charge in [-0.3, -0.25) is 0 Å². The quantitative estimate of drug-likeness (QED) is 0.476. The first-order chi connectivity index (χ1) is 14.0. The Hall–Kier alpha value is -3.74. The molecule has 0 N–H and O–H groups in total. The van der Waals surface area contributed by atoms with Crippen LogP contribution in [0.25, 0.3) is 22.4 Å². The first-order valence-corrected chi connectivity index (χ1v) is 8.17. The molecule has 3 aromatic rings. The molecular weight excluding hydrogens is 414 g/mol. The van der Waals surface area contributed by atoms with E-state index in [2.05, 4.69) is 14.5 Å². The molecule has 0 aliphatic carbocycles. The summed E-state index contributed by atoms with van der Waals surface area (Å²) < 4.78 is 81.1. The number of benzene rings is 2. The van der Waals surface area contributed by atoms with E-state index in [-0.39, 0.29) is 5.69 Å². The average molecular weight is 424 g/mol. The van der Waals surface area contributed by atoms with E-state index >= 15 is 0 Å². The van der Waals surface area contributed by atoms with Gasteiger partial charge in [0.15, 0.2) is 0 Å². The molecule has 2 aromatic carbocycles. The molecule has 0 atom stereocenters. The van der Waals surface area contributed by atoms with Gasteiger partial charge in [0, 0.05) is 11.1 Å². The maximum Gasteiger partial charge on any atom is 0.573 e. The lowest BCUT2D eigenvalue weighted by molar-refractivity contribution is -0.275. The minimum Gasteiger partial charge on any atom is -0.406 e. The van der Waals surface area contributed by atoms with Crippen LogP contribution in [0.15, 0.2) is 60.7 Å². The van der Waals surface area contributed by atoms with Crippen molar-refractivity contribution >= 4 is 0 Å². The number of ether oxygens (including phenoxy) is 2. The zero-order valence-electron chi connectivity index (χ0n) is 14.8. The van der Waals surface area contributed by atoms with Crippen molar-refractivity contribution in [3.8, 4) is 40.0 Å². The number of aromatic nitrogens is 1. The second-order valence-electron chi connectivity index (χ2n) is 5.85. The standard InChI is InChI=1S/C20H10F6N2O2/c21-19(22,23)29-14-5-1-12(2-6-14)16-9-10-17(28-18(16)11-27)13-3-7-15(8-4-13)30-20(24,25)26/h1-10H. The number of hydrogen-bond acceptors (Lipinski definition) is 4. The molecule has 3 rings (SSSR count). The molecule has 10 heteroatoms. The van der Waals surface area contributed by atoms with Gasteiger partial charge in [-0.25, -0.2) is 4.98 Å². The fourth-order valence-corrected chi connectivity index (χ4v) is 2.60. The van der Waals surface area contributed by atoms with Crippen LogP contribution >= 0.6 is 0 Å². The van der Waals surface area contributed by atoms with Crippen LogP contribution in [0.2, 0.25) is 0 Å². The molecule has 0 aliphatic rings. The van der Waals surface area contributed by atoms with Crippen LogP contribution in [0.5, 0.6) is 11.5 Å². The summed E-state index contributed by atoms with van der Waals surface area (Å²) in [5.74, 6) is -0.806. The van der Waals surface area contributed by atoms with Gasteiger partial charge >= 0.3 is 12.7 Å². The van der Waals surface area contributed by atoms with Crippen LogP contribution < -0.4 is 9.47 Å². The summed E-state index contributed by atoms with van der Waals surface area (Å²) in [6.07, 6.45) is -9.63. The highest BCUT2D eigenvalue weighted by Gasteiger charge is 2.31. The van der Waals surface area contributed by atoms with E-state index in [9.17, 15) is 31.6 Å². The predicted molar refractivity (Wildman–Crippen MR) is 93.2 cm³/mol. The molecule has 0 amide bonds. The Labute approximate surface area is 165 Å². The van der Waals surface area contributed by atoms with Crippen LogP contribution in [0.4, 0.5) is 26.3 Å². The third-order valence-electron chi connectivity index (χ3n) is 3.78. The molecule has 30 heavy (non-hydrogen) atoms. The minimum absolute atomic E-state index is 0.00684. The lowest BCUT2D eigenvalue weighted by Crippen LogP contribution is -2.17. The third-order valence-corrected chi connectivity index (χ3v) is 3.78. The molecule has 4 nitrogen and oxygen atoms in total. The van der Waals surface area contributed by atoms with Crippen LogP contribution in [0.1, 0.15) is 5.69 Å². The fraction of sp³-hybridized carbons (Fsp3) is 0.100. The summed E-state index contributed by atoms with van der Waals surface area (Å²) in [7, 11) is 0. The van der Waals surface area contributed by atoms with Crippen molar-refractivity contribution in [3.05, 3.63) is 66.4 Å². The lowest BCUT2D eigenvalue weighted by Gasteiger charge is -2.11. The van der Waals surface area contributed by atoms with Gasteiger partial charge in [0.1, 0.15) is 23.3 Å². The zero-order valence-corrected chi connectivity index (χ0v) is 14.8. The summed E-state index contributed by atoms with van der Waals surface area (Å²) in [6, 6.07) is 14.8. The van der Waals surface area contributed by atoms with Gasteiger partial charge in [-0.05, 0) is 54.1 Å². The Morgan fingerprint density at radius 1 is 0.667 bits per heavy atom. The maximum atomic E-state index is 12.3. The second-order valence-corrected chi connectivity index (χ2v) is 5.85. The van der Waals surface area contributed by atoms with Crippen molar-refractivity contribution in [2.75, 3.05) is 0 Å². The highest BCUT2D eigenvalue weighted by atomic mass is 19.4. The molecule has 0 spiro atoms.